The van der Waals surface area contributed by atoms with Crippen molar-refractivity contribution in [3.8, 4) is 34.5 Å². The Kier molecular flexibility index (Phi) is 17.0. The van der Waals surface area contributed by atoms with E-state index in [-0.39, 0.29) is 91.8 Å². The molecule has 4 amide bonds. The Hall–Kier alpha value is -7.60. The van der Waals surface area contributed by atoms with E-state index in [0.717, 1.165) is 17.0 Å². The van der Waals surface area contributed by atoms with Crippen molar-refractivity contribution in [3.05, 3.63) is 102 Å². The molecule has 0 radical (unpaired) electrons. The van der Waals surface area contributed by atoms with Gasteiger partial charge in [0.05, 0.1) is 70.1 Å². The molecule has 6 atom stereocenters. The van der Waals surface area contributed by atoms with E-state index in [2.05, 4.69) is 15.3 Å². The molecule has 6 aromatic rings. The van der Waals surface area contributed by atoms with Gasteiger partial charge in [0.1, 0.15) is 49.1 Å². The number of rotatable bonds is 23. The maximum atomic E-state index is 14.6. The summed E-state index contributed by atoms with van der Waals surface area (Å²) in [6.07, 6.45) is -4.17. The second kappa shape index (κ2) is 24.2. The Morgan fingerprint density at radius 2 is 1.62 bits per heavy atom. The highest BCUT2D eigenvalue weighted by Gasteiger charge is 2.45. The van der Waals surface area contributed by atoms with Gasteiger partial charge in [-0.1, -0.05) is 5.21 Å². The fraction of sp³-hybridized carbons (Fsp3) is 0.396. The fourth-order valence-electron chi connectivity index (χ4n) is 9.69. The van der Waals surface area contributed by atoms with Crippen LogP contribution in [0.15, 0.2) is 79.0 Å². The van der Waals surface area contributed by atoms with Gasteiger partial charge < -0.3 is 76.7 Å². The Morgan fingerprint density at radius 3 is 2.40 bits per heavy atom. The summed E-state index contributed by atoms with van der Waals surface area (Å²) in [5.74, 6) is -2.16. The molecule has 10 rings (SSSR count). The zero-order valence-electron chi connectivity index (χ0n) is 43.5. The topological polar surface area (TPSA) is 323 Å². The molecule has 5 N–H and O–H groups in total. The number of nitrogens with one attached hydrogen (secondary N) is 1. The van der Waals surface area contributed by atoms with Crippen molar-refractivity contribution < 1.29 is 89.5 Å². The average molecular weight is 1160 g/mol. The fourth-order valence-corrected chi connectivity index (χ4v) is 10.7. The minimum atomic E-state index is -5.27. The molecular formula is C53H56ClN7O19S. The number of carbonyl (C=O) groups excluding carboxylic acids is 4. The number of H-pyrrole nitrogens is 1. The molecule has 26 nitrogen and oxygen atoms in total. The van der Waals surface area contributed by atoms with E-state index in [1.165, 1.54) is 48.2 Å². The first-order valence-electron chi connectivity index (χ1n) is 25.6. The Labute approximate surface area is 467 Å². The summed E-state index contributed by atoms with van der Waals surface area (Å²) in [6, 6.07) is 14.9. The quantitative estimate of drug-likeness (QED) is 0.0347. The van der Waals surface area contributed by atoms with Crippen LogP contribution in [0.2, 0.25) is 0 Å². The molecule has 0 aliphatic carbocycles. The number of fused-ring (bicyclic) bond motifs is 6. The summed E-state index contributed by atoms with van der Waals surface area (Å²) in [4.78, 5) is 59.0. The lowest BCUT2D eigenvalue weighted by Crippen LogP contribution is -2.60. The third-order valence-corrected chi connectivity index (χ3v) is 15.0. The maximum absolute atomic E-state index is 14.6. The molecule has 4 aliphatic heterocycles. The number of ether oxygens (including phenoxy) is 7. The minimum absolute atomic E-state index is 0.0656. The predicted molar refractivity (Wildman–Crippen MR) is 284 cm³/mol. The number of hydrogen-bond acceptors (Lipinski definition) is 21. The first-order chi connectivity index (χ1) is 39.0. The lowest BCUT2D eigenvalue weighted by Gasteiger charge is -2.39. The zero-order valence-corrected chi connectivity index (χ0v) is 45.1. The second-order valence-corrected chi connectivity index (χ2v) is 20.6. The van der Waals surface area contributed by atoms with Gasteiger partial charge in [-0.15, -0.1) is 25.1 Å². The van der Waals surface area contributed by atoms with Gasteiger partial charge in [0, 0.05) is 79.1 Å². The van der Waals surface area contributed by atoms with Crippen LogP contribution >= 0.6 is 11.6 Å². The number of alkyl halides is 1. The normalized spacial score (nSPS) is 20.5. The van der Waals surface area contributed by atoms with Gasteiger partial charge in [0.15, 0.2) is 28.7 Å². The highest BCUT2D eigenvalue weighted by atomic mass is 35.5. The summed E-state index contributed by atoms with van der Waals surface area (Å²) < 4.78 is 81.7. The van der Waals surface area contributed by atoms with Crippen LogP contribution in [-0.2, 0) is 47.2 Å². The van der Waals surface area contributed by atoms with Crippen LogP contribution in [0.1, 0.15) is 38.0 Å². The van der Waals surface area contributed by atoms with Crippen molar-refractivity contribution >= 4 is 73.0 Å². The average Bonchev–Trinajstić information content (AvgIpc) is 3.91. The van der Waals surface area contributed by atoms with Crippen molar-refractivity contribution in [1.82, 2.24) is 29.8 Å². The first-order valence-corrected chi connectivity index (χ1v) is 27.4. The van der Waals surface area contributed by atoms with E-state index >= 15 is 0 Å². The van der Waals surface area contributed by atoms with Gasteiger partial charge in [-0.3, -0.25) is 24.1 Å². The lowest BCUT2D eigenvalue weighted by atomic mass is 9.95. The molecule has 430 valence electrons. The molecule has 0 bridgehead atoms. The first kappa shape index (κ1) is 56.7. The number of halogens is 1. The van der Waals surface area contributed by atoms with Crippen LogP contribution in [0.25, 0.3) is 21.7 Å². The molecule has 6 heterocycles. The SMILES string of the molecule is COc1ccc2c(OS(=O)(=O)Oc3cc(C(=O)N(C)CCOCCn4cc(CCOCCN5C(=O)C=CC5=O)nn4)ccc3O[C@@H]3O[C@H](CO)[C@H](O)[C@H](O)[C@H]3O)cc3c(c2c1)[C@H](CCl)CN3C(=O)c1cc2c3c(ccc2[nH]1)OCCO3. The van der Waals surface area contributed by atoms with E-state index in [1.807, 2.05) is 0 Å². The summed E-state index contributed by atoms with van der Waals surface area (Å²) in [5.41, 5.74) is 2.24. The minimum Gasteiger partial charge on any atom is -0.497 e. The van der Waals surface area contributed by atoms with Gasteiger partial charge in [0.25, 0.3) is 23.6 Å². The molecule has 1 saturated heterocycles. The monoisotopic (exact) mass is 1160 g/mol. The largest absolute Gasteiger partial charge is 0.501 e. The van der Waals surface area contributed by atoms with E-state index in [0.29, 0.717) is 71.0 Å². The molecule has 2 aromatic heterocycles. The van der Waals surface area contributed by atoms with E-state index in [4.69, 9.17) is 53.1 Å². The Bertz CT molecular complexity index is 3480. The third-order valence-electron chi connectivity index (χ3n) is 13.9. The number of methoxy groups -OCH3 is 1. The number of nitrogens with zero attached hydrogens (tertiary/aromatic N) is 6. The molecular weight excluding hydrogens is 1110 g/mol. The standard InChI is InChI=1S/C53H56ClN7O19S/c1-58(12-16-74-17-13-59-27-31(56-57-59)11-15-73-18-14-60-44(63)9-10-45(60)64)51(68)29-3-7-39(77-53-49(67)48(66)47(65)43(28-62)78-53)42(21-29)80-81(70,71)79-41-24-38-46(34-22-32(72-2)4-5-33(34)41)30(25-54)26-61(38)52(69)37-23-35-36(55-37)6-8-40-50(35)76-20-19-75-40/h3-10,21-24,27,30,43,47-49,53,55,62,65-67H,11-20,25-26,28H2,1-2H3/t30-,43-,47+,48+,49-,53-/m1/s1. The Balaban J connectivity index is 0.852. The highest BCUT2D eigenvalue weighted by Crippen LogP contribution is 2.48. The van der Waals surface area contributed by atoms with E-state index in [1.54, 1.807) is 47.3 Å². The number of aliphatic hydroxyl groups is 4. The highest BCUT2D eigenvalue weighted by molar-refractivity contribution is 7.82. The number of likely N-dealkylation sites (N-methyl/N-ethyl adjacent to an activating group) is 1. The number of hydrogen-bond donors (Lipinski definition) is 5. The van der Waals surface area contributed by atoms with Gasteiger partial charge in [0.2, 0.25) is 6.29 Å². The number of carbonyl (C=O) groups is 4. The van der Waals surface area contributed by atoms with Crippen molar-refractivity contribution in [2.75, 3.05) is 90.8 Å². The number of amides is 4. The molecule has 81 heavy (non-hydrogen) atoms. The van der Waals surface area contributed by atoms with Gasteiger partial charge >= 0.3 is 10.4 Å². The van der Waals surface area contributed by atoms with Crippen LogP contribution < -0.4 is 32.2 Å². The summed E-state index contributed by atoms with van der Waals surface area (Å²) in [7, 11) is -2.33. The molecule has 1 fully saturated rings. The summed E-state index contributed by atoms with van der Waals surface area (Å²) >= 11 is 6.60. The lowest BCUT2D eigenvalue weighted by molar-refractivity contribution is -0.277. The molecule has 0 unspecified atom stereocenters. The number of aromatic amines is 1. The van der Waals surface area contributed by atoms with Crippen LogP contribution in [0, 0.1) is 0 Å². The smallest absolute Gasteiger partial charge is 0.497 e. The van der Waals surface area contributed by atoms with E-state index in [9.17, 15) is 48.0 Å². The van der Waals surface area contributed by atoms with Crippen LogP contribution in [0.4, 0.5) is 5.69 Å². The Morgan fingerprint density at radius 1 is 0.852 bits per heavy atom. The number of benzene rings is 4. The molecule has 0 saturated carbocycles. The molecule has 4 aliphatic rings. The second-order valence-electron chi connectivity index (χ2n) is 19.1. The molecule has 28 heteroatoms. The van der Waals surface area contributed by atoms with Crippen molar-refractivity contribution in [2.45, 2.75) is 49.6 Å². The van der Waals surface area contributed by atoms with Crippen LogP contribution in [0.5, 0.6) is 34.5 Å². The number of imide groups is 1. The summed E-state index contributed by atoms with van der Waals surface area (Å²) in [6.45, 7) is 1.25. The van der Waals surface area contributed by atoms with Crippen molar-refractivity contribution in [3.63, 3.8) is 0 Å². The number of aromatic nitrogens is 4. The van der Waals surface area contributed by atoms with Crippen molar-refractivity contribution in [2.24, 2.45) is 0 Å². The van der Waals surface area contributed by atoms with Gasteiger partial charge in [-0.25, -0.2) is 4.68 Å². The zero-order chi connectivity index (χ0) is 57.1. The molecule has 4 aromatic carbocycles. The summed E-state index contributed by atoms with van der Waals surface area (Å²) in [5, 5.41) is 51.3. The number of anilines is 1. The number of aliphatic hydroxyl groups excluding tert-OH is 4. The van der Waals surface area contributed by atoms with Gasteiger partial charge in [-0.05, 0) is 65.5 Å². The van der Waals surface area contributed by atoms with Crippen LogP contribution in [0.3, 0.4) is 0 Å². The maximum Gasteiger partial charge on any atom is 0.501 e. The van der Waals surface area contributed by atoms with Crippen LogP contribution in [-0.4, -0.2) is 199 Å². The van der Waals surface area contributed by atoms with E-state index < -0.39 is 76.9 Å². The van der Waals surface area contributed by atoms with Gasteiger partial charge in [-0.2, -0.15) is 0 Å². The van der Waals surface area contributed by atoms with Crippen molar-refractivity contribution in [1.29, 1.82) is 0 Å². The third kappa shape index (κ3) is 12.1. The molecule has 0 spiro atoms. The predicted octanol–water partition coefficient (Wildman–Crippen LogP) is 1.83.